The molecule has 1 rings (SSSR count). The van der Waals surface area contributed by atoms with Gasteiger partial charge in [0.1, 0.15) is 0 Å². The Kier molecular flexibility index (Phi) is 6.83. The van der Waals surface area contributed by atoms with E-state index in [4.69, 9.17) is 0 Å². The van der Waals surface area contributed by atoms with Crippen molar-refractivity contribution in [2.45, 2.75) is 58.9 Å². The predicted octanol–water partition coefficient (Wildman–Crippen LogP) is 4.92. The van der Waals surface area contributed by atoms with Gasteiger partial charge in [-0.25, -0.2) is 0 Å². The summed E-state index contributed by atoms with van der Waals surface area (Å²) in [6.45, 7) is 6.84. The van der Waals surface area contributed by atoms with Gasteiger partial charge in [-0.1, -0.05) is 39.5 Å². The van der Waals surface area contributed by atoms with Crippen molar-refractivity contribution < 1.29 is 0 Å². The third kappa shape index (κ3) is 4.44. The monoisotopic (exact) mass is 253 g/mol. The molecule has 2 heteroatoms. The first-order chi connectivity index (χ1) is 8.22. The maximum absolute atomic E-state index is 3.49. The van der Waals surface area contributed by atoms with Gasteiger partial charge in [-0.05, 0) is 48.2 Å². The quantitative estimate of drug-likeness (QED) is 0.693. The Labute approximate surface area is 111 Å². The van der Waals surface area contributed by atoms with E-state index in [0.29, 0.717) is 6.04 Å². The maximum atomic E-state index is 3.49. The molecule has 98 valence electrons. The third-order valence-corrected chi connectivity index (χ3v) is 4.61. The summed E-state index contributed by atoms with van der Waals surface area (Å²) in [5.41, 5.74) is 2.95. The Morgan fingerprint density at radius 3 is 2.53 bits per heavy atom. The van der Waals surface area contributed by atoms with Crippen LogP contribution in [0.4, 0.5) is 0 Å². The summed E-state index contributed by atoms with van der Waals surface area (Å²) in [4.78, 5) is 0. The minimum atomic E-state index is 0.544. The van der Waals surface area contributed by atoms with Crippen LogP contribution in [0.3, 0.4) is 0 Å². The molecular weight excluding hydrogens is 226 g/mol. The number of unbranched alkanes of at least 4 members (excludes halogenated alkanes) is 1. The summed E-state index contributed by atoms with van der Waals surface area (Å²) >= 11 is 1.82. The van der Waals surface area contributed by atoms with Crippen molar-refractivity contribution in [2.24, 2.45) is 5.92 Å². The summed E-state index contributed by atoms with van der Waals surface area (Å²) in [6.07, 6.45) is 6.66. The van der Waals surface area contributed by atoms with Gasteiger partial charge in [-0.3, -0.25) is 0 Å². The van der Waals surface area contributed by atoms with Crippen LogP contribution >= 0.6 is 11.3 Å². The van der Waals surface area contributed by atoms with Gasteiger partial charge in [0.25, 0.3) is 0 Å². The second-order valence-electron chi connectivity index (χ2n) is 5.00. The molecule has 0 fully saturated rings. The van der Waals surface area contributed by atoms with E-state index >= 15 is 0 Å². The molecule has 2 unspecified atom stereocenters. The SMILES string of the molecule is CCCCC(CC)CC(NC)c1cscc1C. The average molecular weight is 253 g/mol. The highest BCUT2D eigenvalue weighted by Crippen LogP contribution is 2.29. The van der Waals surface area contributed by atoms with Crippen LogP contribution in [0.5, 0.6) is 0 Å². The molecule has 0 aromatic carbocycles. The molecule has 17 heavy (non-hydrogen) atoms. The number of hydrogen-bond acceptors (Lipinski definition) is 2. The van der Waals surface area contributed by atoms with Crippen LogP contribution in [0, 0.1) is 12.8 Å². The third-order valence-electron chi connectivity index (χ3n) is 3.73. The Morgan fingerprint density at radius 1 is 1.29 bits per heavy atom. The predicted molar refractivity (Wildman–Crippen MR) is 78.8 cm³/mol. The minimum Gasteiger partial charge on any atom is -0.313 e. The summed E-state index contributed by atoms with van der Waals surface area (Å²) in [6, 6.07) is 0.544. The highest BCUT2D eigenvalue weighted by molar-refractivity contribution is 7.08. The topological polar surface area (TPSA) is 12.0 Å². The van der Waals surface area contributed by atoms with Crippen molar-refractivity contribution in [3.8, 4) is 0 Å². The zero-order chi connectivity index (χ0) is 12.7. The zero-order valence-corrected chi connectivity index (χ0v) is 12.6. The van der Waals surface area contributed by atoms with Gasteiger partial charge in [0.15, 0.2) is 0 Å². The maximum Gasteiger partial charge on any atom is 0.0331 e. The molecule has 2 atom stereocenters. The molecule has 1 aromatic rings. The van der Waals surface area contributed by atoms with Crippen molar-refractivity contribution in [3.63, 3.8) is 0 Å². The largest absolute Gasteiger partial charge is 0.313 e. The molecule has 0 bridgehead atoms. The number of rotatable bonds is 8. The molecule has 0 aliphatic heterocycles. The number of aryl methyl sites for hydroxylation is 1. The molecular formula is C15H27NS. The highest BCUT2D eigenvalue weighted by atomic mass is 32.1. The van der Waals surface area contributed by atoms with E-state index in [1.54, 1.807) is 0 Å². The Balaban J connectivity index is 2.59. The first-order valence-electron chi connectivity index (χ1n) is 6.92. The molecule has 1 heterocycles. The Hall–Kier alpha value is -0.340. The van der Waals surface area contributed by atoms with Crippen LogP contribution < -0.4 is 5.32 Å². The fourth-order valence-electron chi connectivity index (χ4n) is 2.44. The van der Waals surface area contributed by atoms with Gasteiger partial charge < -0.3 is 5.32 Å². The van der Waals surface area contributed by atoms with E-state index in [1.807, 2.05) is 11.3 Å². The van der Waals surface area contributed by atoms with E-state index in [-0.39, 0.29) is 0 Å². The van der Waals surface area contributed by atoms with E-state index in [9.17, 15) is 0 Å². The van der Waals surface area contributed by atoms with Gasteiger partial charge in [0, 0.05) is 6.04 Å². The molecule has 0 aliphatic rings. The molecule has 1 aromatic heterocycles. The highest BCUT2D eigenvalue weighted by Gasteiger charge is 2.17. The lowest BCUT2D eigenvalue weighted by Crippen LogP contribution is -2.20. The summed E-state index contributed by atoms with van der Waals surface area (Å²) < 4.78 is 0. The van der Waals surface area contributed by atoms with Crippen molar-refractivity contribution in [3.05, 3.63) is 21.9 Å². The second kappa shape index (κ2) is 7.88. The Morgan fingerprint density at radius 2 is 2.06 bits per heavy atom. The molecule has 0 aliphatic carbocycles. The van der Waals surface area contributed by atoms with Crippen molar-refractivity contribution >= 4 is 11.3 Å². The molecule has 1 N–H and O–H groups in total. The van der Waals surface area contributed by atoms with E-state index in [1.165, 1.54) is 43.2 Å². The fraction of sp³-hybridized carbons (Fsp3) is 0.733. The lowest BCUT2D eigenvalue weighted by molar-refractivity contribution is 0.364. The van der Waals surface area contributed by atoms with E-state index in [2.05, 4.69) is 43.9 Å². The first kappa shape index (κ1) is 14.7. The lowest BCUT2D eigenvalue weighted by Gasteiger charge is -2.22. The van der Waals surface area contributed by atoms with Crippen molar-refractivity contribution in [1.29, 1.82) is 0 Å². The minimum absolute atomic E-state index is 0.544. The number of thiophene rings is 1. The van der Waals surface area contributed by atoms with Gasteiger partial charge in [0.05, 0.1) is 0 Å². The first-order valence-corrected chi connectivity index (χ1v) is 7.87. The molecule has 0 amide bonds. The Bertz CT molecular complexity index is 306. The lowest BCUT2D eigenvalue weighted by atomic mass is 9.89. The molecule has 1 nitrogen and oxygen atoms in total. The fourth-order valence-corrected chi connectivity index (χ4v) is 3.35. The van der Waals surface area contributed by atoms with Crippen LogP contribution in [-0.2, 0) is 0 Å². The molecule has 0 radical (unpaired) electrons. The standard InChI is InChI=1S/C15H27NS/c1-5-7-8-13(6-2)9-15(16-4)14-11-17-10-12(14)3/h10-11,13,15-16H,5-9H2,1-4H3. The molecule has 0 saturated heterocycles. The summed E-state index contributed by atoms with van der Waals surface area (Å²) in [5.74, 6) is 0.867. The summed E-state index contributed by atoms with van der Waals surface area (Å²) in [7, 11) is 2.09. The van der Waals surface area contributed by atoms with Crippen LogP contribution in [-0.4, -0.2) is 7.05 Å². The smallest absolute Gasteiger partial charge is 0.0331 e. The van der Waals surface area contributed by atoms with Crippen LogP contribution in [0.25, 0.3) is 0 Å². The summed E-state index contributed by atoms with van der Waals surface area (Å²) in [5, 5.41) is 8.06. The van der Waals surface area contributed by atoms with Crippen LogP contribution in [0.1, 0.15) is 63.1 Å². The molecule has 0 spiro atoms. The van der Waals surface area contributed by atoms with E-state index in [0.717, 1.165) is 5.92 Å². The zero-order valence-electron chi connectivity index (χ0n) is 11.8. The number of nitrogens with one attached hydrogen (secondary N) is 1. The molecule has 0 saturated carbocycles. The van der Waals surface area contributed by atoms with Crippen molar-refractivity contribution in [1.82, 2.24) is 5.32 Å². The average Bonchev–Trinajstić information content (AvgIpc) is 2.76. The van der Waals surface area contributed by atoms with Gasteiger partial charge >= 0.3 is 0 Å². The van der Waals surface area contributed by atoms with Gasteiger partial charge in [0.2, 0.25) is 0 Å². The number of hydrogen-bond donors (Lipinski definition) is 1. The van der Waals surface area contributed by atoms with E-state index < -0.39 is 0 Å². The van der Waals surface area contributed by atoms with Gasteiger partial charge in [-0.15, -0.1) is 0 Å². The second-order valence-corrected chi connectivity index (χ2v) is 5.75. The van der Waals surface area contributed by atoms with Crippen LogP contribution in [0.15, 0.2) is 10.8 Å². The van der Waals surface area contributed by atoms with Crippen molar-refractivity contribution in [2.75, 3.05) is 7.05 Å². The normalized spacial score (nSPS) is 14.8. The van der Waals surface area contributed by atoms with Crippen LogP contribution in [0.2, 0.25) is 0 Å². The van der Waals surface area contributed by atoms with Gasteiger partial charge in [-0.2, -0.15) is 11.3 Å².